The molecule has 2 aromatic rings. The number of fused-ring (bicyclic) bond motifs is 3. The highest BCUT2D eigenvalue weighted by molar-refractivity contribution is 7.23. The molecule has 5 rings (SSSR count). The van der Waals surface area contributed by atoms with E-state index in [0.717, 1.165) is 47.6 Å². The van der Waals surface area contributed by atoms with Crippen molar-refractivity contribution < 1.29 is 19.4 Å². The molecule has 2 bridgehead atoms. The van der Waals surface area contributed by atoms with Crippen LogP contribution in [0.3, 0.4) is 0 Å². The lowest BCUT2D eigenvalue weighted by Crippen LogP contribution is -2.49. The first-order valence-corrected chi connectivity index (χ1v) is 11.6. The van der Waals surface area contributed by atoms with Crippen molar-refractivity contribution in [1.82, 2.24) is 9.88 Å². The quantitative estimate of drug-likeness (QED) is 0.772. The van der Waals surface area contributed by atoms with Gasteiger partial charge in [-0.15, -0.1) is 0 Å². The molecule has 2 atom stereocenters. The number of hydrogen-bond donors (Lipinski definition) is 2. The summed E-state index contributed by atoms with van der Waals surface area (Å²) in [6.45, 7) is 5.60. The summed E-state index contributed by atoms with van der Waals surface area (Å²) in [6, 6.07) is 4.18. The van der Waals surface area contributed by atoms with E-state index in [1.54, 1.807) is 0 Å². The van der Waals surface area contributed by atoms with E-state index < -0.39 is 0 Å². The third-order valence-electron chi connectivity index (χ3n) is 6.29. The zero-order chi connectivity index (χ0) is 20.7. The summed E-state index contributed by atoms with van der Waals surface area (Å²) < 4.78 is 12.3. The molecular formula is C21H28N4O4S. The Morgan fingerprint density at radius 2 is 2.03 bits per heavy atom. The number of piperidine rings is 1. The third kappa shape index (κ3) is 3.59. The third-order valence-corrected chi connectivity index (χ3v) is 7.29. The molecule has 3 fully saturated rings. The van der Waals surface area contributed by atoms with E-state index in [1.807, 2.05) is 17.9 Å². The van der Waals surface area contributed by atoms with Crippen LogP contribution >= 0.6 is 11.3 Å². The number of rotatable bonds is 4. The highest BCUT2D eigenvalue weighted by Gasteiger charge is 2.43. The van der Waals surface area contributed by atoms with Crippen LogP contribution in [0.4, 0.5) is 15.6 Å². The molecule has 3 saturated heterocycles. The van der Waals surface area contributed by atoms with Gasteiger partial charge < -0.3 is 24.4 Å². The van der Waals surface area contributed by atoms with Crippen molar-refractivity contribution in [2.24, 2.45) is 0 Å². The number of nitrogens with zero attached hydrogens (tertiary/aromatic N) is 3. The Balaban J connectivity index is 1.43. The van der Waals surface area contributed by atoms with Gasteiger partial charge in [0.2, 0.25) is 0 Å². The number of aromatic nitrogens is 1. The van der Waals surface area contributed by atoms with Gasteiger partial charge in [0.1, 0.15) is 11.3 Å². The first kappa shape index (κ1) is 19.8. The van der Waals surface area contributed by atoms with Crippen LogP contribution in [-0.4, -0.2) is 72.1 Å². The highest BCUT2D eigenvalue weighted by Crippen LogP contribution is 2.41. The van der Waals surface area contributed by atoms with Gasteiger partial charge in [-0.3, -0.25) is 5.32 Å². The molecule has 2 unspecified atom stereocenters. The lowest BCUT2D eigenvalue weighted by molar-refractivity contribution is 0.0580. The van der Waals surface area contributed by atoms with Gasteiger partial charge in [-0.25, -0.2) is 9.78 Å². The first-order valence-electron chi connectivity index (χ1n) is 10.8. The molecule has 3 aliphatic heterocycles. The number of carbonyl (C=O) groups is 1. The standard InChI is InChI=1S/C21H28N4O4S/c1-2-29-17-6-5-16(24-7-9-28-10-8-24)19-18(17)22-20(30-19)23-21(27)25-13-3-4-14(25)12-15(26)11-13/h5-6,13-15,26H,2-4,7-12H2,1H3,(H,22,23,27). The van der Waals surface area contributed by atoms with E-state index in [1.165, 1.54) is 11.3 Å². The maximum absolute atomic E-state index is 13.1. The van der Waals surface area contributed by atoms with E-state index in [2.05, 4.69) is 16.3 Å². The number of hydrogen-bond acceptors (Lipinski definition) is 7. The molecular weight excluding hydrogens is 404 g/mol. The average molecular weight is 433 g/mol. The van der Waals surface area contributed by atoms with Crippen molar-refractivity contribution >= 4 is 38.4 Å². The van der Waals surface area contributed by atoms with E-state index in [4.69, 9.17) is 14.5 Å². The van der Waals surface area contributed by atoms with Crippen molar-refractivity contribution in [2.75, 3.05) is 43.1 Å². The zero-order valence-electron chi connectivity index (χ0n) is 17.2. The van der Waals surface area contributed by atoms with E-state index in [0.29, 0.717) is 37.8 Å². The largest absolute Gasteiger partial charge is 0.492 e. The monoisotopic (exact) mass is 432 g/mol. The number of morpholine rings is 1. The Bertz CT molecular complexity index is 915. The molecule has 2 amide bonds. The highest BCUT2D eigenvalue weighted by atomic mass is 32.1. The molecule has 0 spiro atoms. The van der Waals surface area contributed by atoms with Gasteiger partial charge in [-0.05, 0) is 44.7 Å². The van der Waals surface area contributed by atoms with E-state index >= 15 is 0 Å². The number of amides is 2. The number of thiazole rings is 1. The van der Waals surface area contributed by atoms with Gasteiger partial charge >= 0.3 is 6.03 Å². The van der Waals surface area contributed by atoms with Crippen molar-refractivity contribution in [3.8, 4) is 5.75 Å². The molecule has 1 aromatic carbocycles. The summed E-state index contributed by atoms with van der Waals surface area (Å²) in [7, 11) is 0. The maximum atomic E-state index is 13.1. The van der Waals surface area contributed by atoms with Crippen molar-refractivity contribution in [2.45, 2.75) is 50.8 Å². The van der Waals surface area contributed by atoms with Crippen LogP contribution in [0.5, 0.6) is 5.75 Å². The van der Waals surface area contributed by atoms with Crippen LogP contribution in [0, 0.1) is 0 Å². The summed E-state index contributed by atoms with van der Waals surface area (Å²) in [4.78, 5) is 22.0. The minimum Gasteiger partial charge on any atom is -0.492 e. The SMILES string of the molecule is CCOc1ccc(N2CCOCC2)c2sc(NC(=O)N3C4CCC3CC(O)C4)nc12. The normalized spacial score (nSPS) is 26.3. The molecule has 8 nitrogen and oxygen atoms in total. The second kappa shape index (κ2) is 8.20. The molecule has 0 saturated carbocycles. The van der Waals surface area contributed by atoms with Crippen LogP contribution in [0.25, 0.3) is 10.2 Å². The number of benzene rings is 1. The minimum absolute atomic E-state index is 0.112. The number of nitrogens with one attached hydrogen (secondary N) is 1. The number of aliphatic hydroxyl groups is 1. The predicted octanol–water partition coefficient (Wildman–Crippen LogP) is 3.05. The molecule has 0 aliphatic carbocycles. The Morgan fingerprint density at radius 1 is 1.30 bits per heavy atom. The smallest absolute Gasteiger partial charge is 0.324 e. The number of carbonyl (C=O) groups excluding carboxylic acids is 1. The Labute approximate surface area is 179 Å². The fraction of sp³-hybridized carbons (Fsp3) is 0.619. The number of urea groups is 1. The van der Waals surface area contributed by atoms with E-state index in [-0.39, 0.29) is 24.2 Å². The maximum Gasteiger partial charge on any atom is 0.324 e. The number of anilines is 2. The molecule has 9 heteroatoms. The molecule has 2 N–H and O–H groups in total. The summed E-state index contributed by atoms with van der Waals surface area (Å²) >= 11 is 1.49. The fourth-order valence-corrected chi connectivity index (χ4v) is 6.00. The second-order valence-corrected chi connectivity index (χ2v) is 9.16. The number of aliphatic hydroxyl groups excluding tert-OH is 1. The first-order chi connectivity index (χ1) is 14.6. The predicted molar refractivity (Wildman–Crippen MR) is 117 cm³/mol. The molecule has 4 heterocycles. The second-order valence-electron chi connectivity index (χ2n) is 8.16. The number of ether oxygens (including phenoxy) is 2. The summed E-state index contributed by atoms with van der Waals surface area (Å²) in [5, 5.41) is 13.6. The lowest BCUT2D eigenvalue weighted by Gasteiger charge is -2.36. The topological polar surface area (TPSA) is 87.2 Å². The fourth-order valence-electron chi connectivity index (χ4n) is 4.98. The Hall–Kier alpha value is -2.10. The van der Waals surface area contributed by atoms with Gasteiger partial charge in [0.25, 0.3) is 0 Å². The van der Waals surface area contributed by atoms with Gasteiger partial charge in [0, 0.05) is 25.2 Å². The van der Waals surface area contributed by atoms with Crippen molar-refractivity contribution in [1.29, 1.82) is 0 Å². The van der Waals surface area contributed by atoms with Crippen LogP contribution in [-0.2, 0) is 4.74 Å². The zero-order valence-corrected chi connectivity index (χ0v) is 18.0. The Morgan fingerprint density at radius 3 is 2.73 bits per heavy atom. The van der Waals surface area contributed by atoms with E-state index in [9.17, 15) is 9.90 Å². The van der Waals surface area contributed by atoms with Gasteiger partial charge in [-0.2, -0.15) is 0 Å². The van der Waals surface area contributed by atoms with Crippen LogP contribution in [0.1, 0.15) is 32.6 Å². The summed E-state index contributed by atoms with van der Waals surface area (Å²) in [5.41, 5.74) is 1.90. The summed E-state index contributed by atoms with van der Waals surface area (Å²) in [5.74, 6) is 0.738. The molecule has 0 radical (unpaired) electrons. The van der Waals surface area contributed by atoms with Crippen LogP contribution in [0.2, 0.25) is 0 Å². The van der Waals surface area contributed by atoms with Gasteiger partial charge in [-0.1, -0.05) is 11.3 Å². The Kier molecular flexibility index (Phi) is 5.43. The molecule has 162 valence electrons. The summed E-state index contributed by atoms with van der Waals surface area (Å²) in [6.07, 6.45) is 2.97. The lowest BCUT2D eigenvalue weighted by atomic mass is 10.0. The molecule has 30 heavy (non-hydrogen) atoms. The van der Waals surface area contributed by atoms with Crippen molar-refractivity contribution in [3.63, 3.8) is 0 Å². The average Bonchev–Trinajstić information content (AvgIpc) is 3.28. The van der Waals surface area contributed by atoms with Gasteiger partial charge in [0.05, 0.1) is 36.3 Å². The van der Waals surface area contributed by atoms with Crippen molar-refractivity contribution in [3.05, 3.63) is 12.1 Å². The molecule has 1 aromatic heterocycles. The molecule has 3 aliphatic rings. The van der Waals surface area contributed by atoms with Crippen LogP contribution < -0.4 is 15.0 Å². The van der Waals surface area contributed by atoms with Gasteiger partial charge in [0.15, 0.2) is 5.13 Å². The minimum atomic E-state index is -0.293. The van der Waals surface area contributed by atoms with Crippen LogP contribution in [0.15, 0.2) is 12.1 Å².